The Morgan fingerprint density at radius 2 is 1.74 bits per heavy atom. The van der Waals surface area contributed by atoms with Crippen LogP contribution in [0.4, 0.5) is 28.8 Å². The monoisotopic (exact) mass is 620 g/mol. The minimum atomic E-state index is 0.445. The second kappa shape index (κ2) is 13.2. The summed E-state index contributed by atoms with van der Waals surface area (Å²) in [5.41, 5.74) is 3.60. The molecule has 0 amide bonds. The van der Waals surface area contributed by atoms with E-state index in [4.69, 9.17) is 26.3 Å². The van der Waals surface area contributed by atoms with Gasteiger partial charge in [0, 0.05) is 73.4 Å². The lowest BCUT2D eigenvalue weighted by Crippen LogP contribution is -2.52. The summed E-state index contributed by atoms with van der Waals surface area (Å²) in [6.07, 6.45) is 4.12. The molecule has 2 fully saturated rings. The maximum absolute atomic E-state index is 6.57. The molecular formula is C32H41ClN8OS. The van der Waals surface area contributed by atoms with E-state index < -0.39 is 0 Å². The number of rotatable bonds is 9. The first-order valence-electron chi connectivity index (χ1n) is 15.1. The van der Waals surface area contributed by atoms with Crippen molar-refractivity contribution in [2.45, 2.75) is 42.9 Å². The number of nitrogens with zero attached hydrogens (tertiary/aromatic N) is 5. The molecule has 2 aromatic carbocycles. The van der Waals surface area contributed by atoms with Crippen molar-refractivity contribution < 1.29 is 4.74 Å². The summed E-state index contributed by atoms with van der Waals surface area (Å²) in [5.74, 6) is 1.83. The van der Waals surface area contributed by atoms with Gasteiger partial charge < -0.3 is 30.2 Å². The fourth-order valence-electron chi connectivity index (χ4n) is 5.97. The number of aromatic nitrogens is 3. The lowest BCUT2D eigenvalue weighted by atomic mass is 10.0. The number of thioether (sulfide) groups is 1. The van der Waals surface area contributed by atoms with Gasteiger partial charge in [0.1, 0.15) is 17.2 Å². The molecule has 4 heterocycles. The molecule has 9 nitrogen and oxygen atoms in total. The number of methoxy groups -OCH3 is 1. The lowest BCUT2D eigenvalue weighted by Gasteiger charge is -2.42. The van der Waals surface area contributed by atoms with Gasteiger partial charge in [0.15, 0.2) is 0 Å². The van der Waals surface area contributed by atoms with Crippen molar-refractivity contribution in [3.8, 4) is 5.75 Å². The number of ether oxygens (including phenoxy) is 1. The van der Waals surface area contributed by atoms with E-state index in [1.807, 2.05) is 12.1 Å². The van der Waals surface area contributed by atoms with Crippen molar-refractivity contribution in [2.75, 3.05) is 69.0 Å². The minimum absolute atomic E-state index is 0.445. The molecular weight excluding hydrogens is 580 g/mol. The van der Waals surface area contributed by atoms with Crippen molar-refractivity contribution in [1.82, 2.24) is 24.8 Å². The smallest absolute Gasteiger partial charge is 0.231 e. The normalized spacial score (nSPS) is 17.1. The van der Waals surface area contributed by atoms with Gasteiger partial charge >= 0.3 is 0 Å². The average molecular weight is 621 g/mol. The number of hydrogen-bond donors (Lipinski definition) is 3. The molecule has 0 spiro atoms. The van der Waals surface area contributed by atoms with Crippen LogP contribution < -0.4 is 20.3 Å². The van der Waals surface area contributed by atoms with Crippen molar-refractivity contribution in [3.63, 3.8) is 0 Å². The van der Waals surface area contributed by atoms with E-state index in [1.54, 1.807) is 25.1 Å². The third-order valence-corrected chi connectivity index (χ3v) is 9.68. The molecule has 0 bridgehead atoms. The molecule has 6 rings (SSSR count). The fraction of sp³-hybridized carbons (Fsp3) is 0.438. The Hall–Kier alpha value is -3.18. The molecule has 0 saturated carbocycles. The van der Waals surface area contributed by atoms with Crippen LogP contribution >= 0.6 is 23.4 Å². The van der Waals surface area contributed by atoms with E-state index in [1.165, 1.54) is 44.7 Å². The first kappa shape index (κ1) is 29.9. The van der Waals surface area contributed by atoms with E-state index in [-0.39, 0.29) is 0 Å². The van der Waals surface area contributed by atoms with Crippen LogP contribution in [0.25, 0.3) is 11.0 Å². The van der Waals surface area contributed by atoms with Crippen LogP contribution in [0, 0.1) is 0 Å². The summed E-state index contributed by atoms with van der Waals surface area (Å²) in [6, 6.07) is 15.2. The average Bonchev–Trinajstić information content (AvgIpc) is 3.39. The molecule has 228 valence electrons. The summed E-state index contributed by atoms with van der Waals surface area (Å²) in [6.45, 7) is 11.2. The van der Waals surface area contributed by atoms with Crippen molar-refractivity contribution in [2.24, 2.45) is 0 Å². The second-order valence-electron chi connectivity index (χ2n) is 11.6. The number of fused-ring (bicyclic) bond motifs is 1. The van der Waals surface area contributed by atoms with Gasteiger partial charge in [0.25, 0.3) is 0 Å². The number of likely N-dealkylation sites (N-methyl/N-ethyl adjacent to an activating group) is 1. The van der Waals surface area contributed by atoms with Crippen molar-refractivity contribution in [3.05, 3.63) is 53.7 Å². The Balaban J connectivity index is 1.20. The zero-order valence-electron chi connectivity index (χ0n) is 25.4. The van der Waals surface area contributed by atoms with Gasteiger partial charge in [-0.15, -0.1) is 11.8 Å². The molecule has 2 aliphatic rings. The summed E-state index contributed by atoms with van der Waals surface area (Å²) >= 11 is 8.37. The highest BCUT2D eigenvalue weighted by molar-refractivity contribution is 8.00. The van der Waals surface area contributed by atoms with E-state index in [0.717, 1.165) is 40.5 Å². The van der Waals surface area contributed by atoms with Gasteiger partial charge in [-0.3, -0.25) is 4.90 Å². The van der Waals surface area contributed by atoms with Gasteiger partial charge in [-0.1, -0.05) is 37.6 Å². The number of piperazine rings is 1. The molecule has 0 radical (unpaired) electrons. The highest BCUT2D eigenvalue weighted by atomic mass is 35.5. The highest BCUT2D eigenvalue weighted by Gasteiger charge is 2.27. The molecule has 2 aliphatic heterocycles. The summed E-state index contributed by atoms with van der Waals surface area (Å²) in [5, 5.41) is 8.68. The number of benzene rings is 2. The number of piperidine rings is 1. The van der Waals surface area contributed by atoms with Gasteiger partial charge in [-0.2, -0.15) is 9.97 Å². The highest BCUT2D eigenvalue weighted by Crippen LogP contribution is 2.37. The van der Waals surface area contributed by atoms with Crippen molar-refractivity contribution in [1.29, 1.82) is 0 Å². The maximum Gasteiger partial charge on any atom is 0.231 e. The number of H-pyrrole nitrogens is 1. The first-order valence-corrected chi connectivity index (χ1v) is 16.3. The topological polar surface area (TPSA) is 84.6 Å². The molecule has 3 N–H and O–H groups in total. The van der Waals surface area contributed by atoms with Crippen LogP contribution in [-0.2, 0) is 0 Å². The van der Waals surface area contributed by atoms with Gasteiger partial charge in [0.2, 0.25) is 5.95 Å². The van der Waals surface area contributed by atoms with Gasteiger partial charge in [-0.25, -0.2) is 0 Å². The Bertz CT molecular complexity index is 1550. The number of hydrogen-bond acceptors (Lipinski definition) is 9. The first-order chi connectivity index (χ1) is 20.9. The van der Waals surface area contributed by atoms with Gasteiger partial charge in [0.05, 0.1) is 28.9 Å². The van der Waals surface area contributed by atoms with Gasteiger partial charge in [-0.05, 0) is 44.2 Å². The van der Waals surface area contributed by atoms with E-state index in [2.05, 4.69) is 81.5 Å². The zero-order chi connectivity index (χ0) is 29.9. The van der Waals surface area contributed by atoms with E-state index in [9.17, 15) is 0 Å². The summed E-state index contributed by atoms with van der Waals surface area (Å²) < 4.78 is 5.84. The Morgan fingerprint density at radius 1 is 0.977 bits per heavy atom. The number of aromatic amines is 1. The minimum Gasteiger partial charge on any atom is -0.494 e. The third-order valence-electron chi connectivity index (χ3n) is 8.30. The number of para-hydroxylation sites is 1. The third kappa shape index (κ3) is 6.82. The molecule has 0 atom stereocenters. The van der Waals surface area contributed by atoms with Crippen LogP contribution in [-0.4, -0.2) is 89.5 Å². The molecule has 4 aromatic rings. The van der Waals surface area contributed by atoms with Crippen LogP contribution in [0.2, 0.25) is 5.02 Å². The number of halogens is 1. The number of anilines is 5. The van der Waals surface area contributed by atoms with Crippen LogP contribution in [0.1, 0.15) is 26.7 Å². The summed E-state index contributed by atoms with van der Waals surface area (Å²) in [4.78, 5) is 21.5. The van der Waals surface area contributed by atoms with Crippen molar-refractivity contribution >= 4 is 63.2 Å². The van der Waals surface area contributed by atoms with Crippen LogP contribution in [0.15, 0.2) is 53.6 Å². The molecule has 0 aliphatic carbocycles. The predicted molar refractivity (Wildman–Crippen MR) is 180 cm³/mol. The summed E-state index contributed by atoms with van der Waals surface area (Å²) in [7, 11) is 3.92. The molecule has 11 heteroatoms. The van der Waals surface area contributed by atoms with E-state index >= 15 is 0 Å². The van der Waals surface area contributed by atoms with Crippen LogP contribution in [0.3, 0.4) is 0 Å². The van der Waals surface area contributed by atoms with E-state index in [0.29, 0.717) is 33.7 Å². The fourth-order valence-corrected chi connectivity index (χ4v) is 7.12. The molecule has 2 aromatic heterocycles. The molecule has 2 saturated heterocycles. The number of nitrogens with one attached hydrogen (secondary N) is 3. The largest absolute Gasteiger partial charge is 0.494 e. The Morgan fingerprint density at radius 3 is 2.49 bits per heavy atom. The predicted octanol–water partition coefficient (Wildman–Crippen LogP) is 6.82. The second-order valence-corrected chi connectivity index (χ2v) is 13.6. The standard InChI is InChI=1S/C32H41ClN8OS/c1-21(2)43-28-8-6-5-7-26(28)35-31-29-24(33)20-34-30(29)37-32(38-31)36-25-10-9-23(19-27(25)42-4)40-13-11-22(12-14-40)41-17-15-39(3)16-18-41/h5-10,19-22H,11-18H2,1-4H3,(H3,34,35,36,37,38). The molecule has 0 unspecified atom stereocenters. The lowest BCUT2D eigenvalue weighted by molar-refractivity contribution is 0.0982. The van der Waals surface area contributed by atoms with Crippen LogP contribution in [0.5, 0.6) is 5.75 Å². The quantitative estimate of drug-likeness (QED) is 0.174. The molecule has 43 heavy (non-hydrogen) atoms. The maximum atomic E-state index is 6.57. The zero-order valence-corrected chi connectivity index (χ0v) is 26.9. The SMILES string of the molecule is COc1cc(N2CCC(N3CCN(C)CC3)CC2)ccc1Nc1nc(Nc2ccccc2SC(C)C)c2c(Cl)c[nH]c2n1. The Labute approximate surface area is 263 Å². The Kier molecular flexibility index (Phi) is 9.18.